The number of nitrogen functional groups attached to an aromatic ring is 1. The lowest BCUT2D eigenvalue weighted by Crippen LogP contribution is -2.34. The van der Waals surface area contributed by atoms with Crippen LogP contribution in [0.15, 0.2) is 17.0 Å². The van der Waals surface area contributed by atoms with Gasteiger partial charge in [-0.05, 0) is 49.9 Å². The Bertz CT molecular complexity index is 593. The molecule has 1 heterocycles. The van der Waals surface area contributed by atoms with Crippen LogP contribution in [0.2, 0.25) is 0 Å². The minimum Gasteiger partial charge on any atom is -0.399 e. The first-order valence-electron chi connectivity index (χ1n) is 6.77. The Hall–Kier alpha value is -1.11. The Labute approximate surface area is 120 Å². The van der Waals surface area contributed by atoms with Crippen LogP contribution in [0, 0.1) is 13.8 Å². The van der Waals surface area contributed by atoms with E-state index in [9.17, 15) is 8.42 Å². The first-order valence-corrected chi connectivity index (χ1v) is 8.21. The average Bonchev–Trinajstić information content (AvgIpc) is 2.86. The van der Waals surface area contributed by atoms with Crippen LogP contribution in [-0.2, 0) is 14.8 Å². The van der Waals surface area contributed by atoms with E-state index in [1.807, 2.05) is 13.8 Å². The van der Waals surface area contributed by atoms with Gasteiger partial charge in [0.2, 0.25) is 10.0 Å². The molecule has 112 valence electrons. The van der Waals surface area contributed by atoms with Gasteiger partial charge in [0, 0.05) is 25.9 Å². The number of sulfonamides is 1. The monoisotopic (exact) mass is 298 g/mol. The summed E-state index contributed by atoms with van der Waals surface area (Å²) >= 11 is 0. The van der Waals surface area contributed by atoms with Crippen LogP contribution in [0.5, 0.6) is 0 Å². The Morgan fingerprint density at radius 2 is 2.10 bits per heavy atom. The number of nitrogens with two attached hydrogens (primary N) is 1. The molecule has 0 amide bonds. The van der Waals surface area contributed by atoms with Gasteiger partial charge >= 0.3 is 0 Å². The van der Waals surface area contributed by atoms with E-state index in [-0.39, 0.29) is 11.0 Å². The molecule has 0 radical (unpaired) electrons. The summed E-state index contributed by atoms with van der Waals surface area (Å²) in [5.41, 5.74) is 7.88. The maximum absolute atomic E-state index is 12.7. The molecule has 0 saturated carbocycles. The molecule has 1 saturated heterocycles. The molecule has 2 rings (SSSR count). The number of ether oxygens (including phenoxy) is 1. The molecular formula is C14H22N2O3S. The quantitative estimate of drug-likeness (QED) is 0.859. The lowest BCUT2D eigenvalue weighted by Gasteiger charge is -2.22. The number of nitrogens with zero attached hydrogens (tertiary/aromatic N) is 1. The third kappa shape index (κ3) is 2.97. The lowest BCUT2D eigenvalue weighted by molar-refractivity contribution is 0.0979. The van der Waals surface area contributed by atoms with Crippen molar-refractivity contribution in [1.82, 2.24) is 4.31 Å². The van der Waals surface area contributed by atoms with Crippen molar-refractivity contribution in [2.45, 2.75) is 37.7 Å². The van der Waals surface area contributed by atoms with E-state index in [0.29, 0.717) is 12.2 Å². The molecule has 0 spiro atoms. The van der Waals surface area contributed by atoms with E-state index in [1.165, 1.54) is 10.4 Å². The number of hydrogen-bond acceptors (Lipinski definition) is 4. The standard InChI is InChI=1S/C14H22N2O3S/c1-10-7-12(15)8-14(11(10)2)20(17,18)16(3)9-13-5-4-6-19-13/h7-8,13H,4-6,9,15H2,1-3H3. The highest BCUT2D eigenvalue weighted by atomic mass is 32.2. The van der Waals surface area contributed by atoms with Crippen LogP contribution in [0.3, 0.4) is 0 Å². The van der Waals surface area contributed by atoms with Gasteiger partial charge in [0.1, 0.15) is 0 Å². The number of anilines is 1. The Morgan fingerprint density at radius 1 is 1.40 bits per heavy atom. The number of hydrogen-bond donors (Lipinski definition) is 1. The topological polar surface area (TPSA) is 72.6 Å². The number of benzene rings is 1. The van der Waals surface area contributed by atoms with Gasteiger partial charge in [0.15, 0.2) is 0 Å². The zero-order chi connectivity index (χ0) is 14.9. The lowest BCUT2D eigenvalue weighted by atomic mass is 10.1. The highest BCUT2D eigenvalue weighted by Crippen LogP contribution is 2.25. The van der Waals surface area contributed by atoms with E-state index in [2.05, 4.69) is 0 Å². The van der Waals surface area contributed by atoms with Crippen LogP contribution >= 0.6 is 0 Å². The first kappa shape index (κ1) is 15.3. The highest BCUT2D eigenvalue weighted by Gasteiger charge is 2.27. The third-order valence-corrected chi connectivity index (χ3v) is 5.76. The maximum Gasteiger partial charge on any atom is 0.243 e. The number of aryl methyl sites for hydroxylation is 1. The summed E-state index contributed by atoms with van der Waals surface area (Å²) in [5, 5.41) is 0. The molecule has 1 unspecified atom stereocenters. The summed E-state index contributed by atoms with van der Waals surface area (Å²) in [5.74, 6) is 0. The fourth-order valence-electron chi connectivity index (χ4n) is 2.46. The van der Waals surface area contributed by atoms with Crippen molar-refractivity contribution in [1.29, 1.82) is 0 Å². The van der Waals surface area contributed by atoms with Crippen molar-refractivity contribution in [2.24, 2.45) is 0 Å². The molecule has 2 N–H and O–H groups in total. The Balaban J connectivity index is 2.29. The third-order valence-electron chi connectivity index (χ3n) is 3.81. The van der Waals surface area contributed by atoms with Gasteiger partial charge in [-0.25, -0.2) is 8.42 Å². The summed E-state index contributed by atoms with van der Waals surface area (Å²) in [7, 11) is -1.94. The summed E-state index contributed by atoms with van der Waals surface area (Å²) < 4.78 is 32.2. The molecule has 1 aromatic rings. The van der Waals surface area contributed by atoms with Gasteiger partial charge in [0.05, 0.1) is 11.0 Å². The van der Waals surface area contributed by atoms with E-state index >= 15 is 0 Å². The summed E-state index contributed by atoms with van der Waals surface area (Å²) in [4.78, 5) is 0.287. The number of likely N-dealkylation sites (N-methyl/N-ethyl adjacent to an activating group) is 1. The molecule has 0 bridgehead atoms. The molecule has 6 heteroatoms. The van der Waals surface area contributed by atoms with Crippen molar-refractivity contribution >= 4 is 15.7 Å². The summed E-state index contributed by atoms with van der Waals surface area (Å²) in [6.45, 7) is 4.77. The van der Waals surface area contributed by atoms with Gasteiger partial charge in [-0.3, -0.25) is 0 Å². The predicted molar refractivity (Wildman–Crippen MR) is 79.1 cm³/mol. The number of rotatable bonds is 4. The maximum atomic E-state index is 12.7. The van der Waals surface area contributed by atoms with Crippen LogP contribution < -0.4 is 5.73 Å². The van der Waals surface area contributed by atoms with Crippen molar-refractivity contribution in [2.75, 3.05) is 25.9 Å². The molecule has 5 nitrogen and oxygen atoms in total. The van der Waals surface area contributed by atoms with Crippen LogP contribution in [0.4, 0.5) is 5.69 Å². The zero-order valence-electron chi connectivity index (χ0n) is 12.2. The highest BCUT2D eigenvalue weighted by molar-refractivity contribution is 7.89. The average molecular weight is 298 g/mol. The van der Waals surface area contributed by atoms with E-state index in [0.717, 1.165) is 30.6 Å². The van der Waals surface area contributed by atoms with Gasteiger partial charge in [-0.15, -0.1) is 0 Å². The molecule has 1 atom stereocenters. The van der Waals surface area contributed by atoms with Gasteiger partial charge in [0.25, 0.3) is 0 Å². The van der Waals surface area contributed by atoms with E-state index in [4.69, 9.17) is 10.5 Å². The van der Waals surface area contributed by atoms with Crippen LogP contribution in [-0.4, -0.2) is 39.0 Å². The normalized spacial score (nSPS) is 19.7. The molecule has 1 aliphatic heterocycles. The van der Waals surface area contributed by atoms with Crippen molar-refractivity contribution in [3.63, 3.8) is 0 Å². The molecule has 0 aromatic heterocycles. The van der Waals surface area contributed by atoms with Crippen molar-refractivity contribution in [3.8, 4) is 0 Å². The molecule has 1 fully saturated rings. The van der Waals surface area contributed by atoms with Gasteiger partial charge < -0.3 is 10.5 Å². The van der Waals surface area contributed by atoms with Crippen LogP contribution in [0.25, 0.3) is 0 Å². The second-order valence-corrected chi connectivity index (χ2v) is 7.39. The smallest absolute Gasteiger partial charge is 0.243 e. The fraction of sp³-hybridized carbons (Fsp3) is 0.571. The van der Waals surface area contributed by atoms with E-state index in [1.54, 1.807) is 13.1 Å². The Kier molecular flexibility index (Phi) is 4.36. The molecule has 1 aromatic carbocycles. The molecular weight excluding hydrogens is 276 g/mol. The second kappa shape index (κ2) is 5.71. The summed E-state index contributed by atoms with van der Waals surface area (Å²) in [6.07, 6.45) is 1.90. The van der Waals surface area contributed by atoms with Crippen molar-refractivity contribution in [3.05, 3.63) is 23.3 Å². The molecule has 20 heavy (non-hydrogen) atoms. The van der Waals surface area contributed by atoms with E-state index < -0.39 is 10.0 Å². The summed E-state index contributed by atoms with van der Waals surface area (Å²) in [6, 6.07) is 3.32. The SMILES string of the molecule is Cc1cc(N)cc(S(=O)(=O)N(C)CC2CCCO2)c1C. The fourth-order valence-corrected chi connectivity index (χ4v) is 3.99. The second-order valence-electron chi connectivity index (χ2n) is 5.38. The minimum absolute atomic E-state index is 0.00256. The molecule has 1 aliphatic rings. The predicted octanol–water partition coefficient (Wildman–Crippen LogP) is 1.69. The Morgan fingerprint density at radius 3 is 2.70 bits per heavy atom. The first-order chi connectivity index (χ1) is 9.32. The van der Waals surface area contributed by atoms with Gasteiger partial charge in [-0.2, -0.15) is 4.31 Å². The van der Waals surface area contributed by atoms with Crippen LogP contribution in [0.1, 0.15) is 24.0 Å². The van der Waals surface area contributed by atoms with Crippen molar-refractivity contribution < 1.29 is 13.2 Å². The van der Waals surface area contributed by atoms with Gasteiger partial charge in [-0.1, -0.05) is 0 Å². The molecule has 0 aliphatic carbocycles. The largest absolute Gasteiger partial charge is 0.399 e. The zero-order valence-corrected chi connectivity index (χ0v) is 13.0. The minimum atomic E-state index is -3.53.